The van der Waals surface area contributed by atoms with Crippen molar-refractivity contribution in [2.45, 2.75) is 17.1 Å². The number of benzene rings is 1. The summed E-state index contributed by atoms with van der Waals surface area (Å²) in [5.74, 6) is 0.791. The number of halogens is 3. The second-order valence-corrected chi connectivity index (χ2v) is 6.28. The Bertz CT molecular complexity index is 751. The highest BCUT2D eigenvalue weighted by molar-refractivity contribution is 7.98. The zero-order valence-electron chi connectivity index (χ0n) is 11.1. The van der Waals surface area contributed by atoms with E-state index < -0.39 is 11.7 Å². The van der Waals surface area contributed by atoms with Gasteiger partial charge in [0, 0.05) is 5.75 Å². The molecule has 0 aliphatic rings. The van der Waals surface area contributed by atoms with Crippen molar-refractivity contribution >= 4 is 23.1 Å². The summed E-state index contributed by atoms with van der Waals surface area (Å²) in [5.41, 5.74) is -0.390. The Balaban J connectivity index is 1.74. The molecule has 0 aliphatic carbocycles. The molecule has 0 spiro atoms. The summed E-state index contributed by atoms with van der Waals surface area (Å²) < 4.78 is 38.8. The first-order valence-corrected chi connectivity index (χ1v) is 8.15. The normalized spacial score (nSPS) is 11.8. The van der Waals surface area contributed by atoms with Gasteiger partial charge in [0.15, 0.2) is 5.82 Å². The third-order valence-corrected chi connectivity index (χ3v) is 4.67. The van der Waals surface area contributed by atoms with Gasteiger partial charge >= 0.3 is 6.18 Å². The van der Waals surface area contributed by atoms with E-state index in [-0.39, 0.29) is 11.3 Å². The molecule has 22 heavy (non-hydrogen) atoms. The van der Waals surface area contributed by atoms with E-state index in [2.05, 4.69) is 15.2 Å². The van der Waals surface area contributed by atoms with Crippen molar-refractivity contribution in [3.8, 4) is 10.7 Å². The van der Waals surface area contributed by atoms with Crippen molar-refractivity contribution in [2.24, 2.45) is 0 Å². The molecule has 0 saturated heterocycles. The van der Waals surface area contributed by atoms with Crippen LogP contribution in [0.2, 0.25) is 0 Å². The molecular formula is C14H10F3N3S2. The van der Waals surface area contributed by atoms with Gasteiger partial charge in [-0.05, 0) is 23.1 Å². The molecule has 1 aromatic carbocycles. The van der Waals surface area contributed by atoms with Crippen LogP contribution in [0.5, 0.6) is 0 Å². The second kappa shape index (κ2) is 6.13. The molecule has 0 aliphatic heterocycles. The average molecular weight is 341 g/mol. The molecule has 1 N–H and O–H groups in total. The van der Waals surface area contributed by atoms with Crippen molar-refractivity contribution in [1.29, 1.82) is 0 Å². The highest BCUT2D eigenvalue weighted by Gasteiger charge is 2.32. The van der Waals surface area contributed by atoms with Crippen molar-refractivity contribution < 1.29 is 13.2 Å². The Morgan fingerprint density at radius 2 is 1.95 bits per heavy atom. The first-order valence-electron chi connectivity index (χ1n) is 6.28. The fraction of sp³-hybridized carbons (Fsp3) is 0.143. The lowest BCUT2D eigenvalue weighted by atomic mass is 10.1. The predicted molar refractivity (Wildman–Crippen MR) is 80.7 cm³/mol. The van der Waals surface area contributed by atoms with Gasteiger partial charge in [0.1, 0.15) is 0 Å². The molecule has 0 amide bonds. The maximum absolute atomic E-state index is 12.9. The number of thioether (sulfide) groups is 1. The number of rotatable bonds is 4. The van der Waals surface area contributed by atoms with E-state index in [1.165, 1.54) is 35.2 Å². The summed E-state index contributed by atoms with van der Waals surface area (Å²) >= 11 is 2.69. The zero-order valence-corrected chi connectivity index (χ0v) is 12.7. The topological polar surface area (TPSA) is 41.6 Å². The molecule has 0 atom stereocenters. The predicted octanol–water partition coefficient (Wildman–Crippen LogP) is 4.84. The largest absolute Gasteiger partial charge is 0.416 e. The highest BCUT2D eigenvalue weighted by Crippen LogP contribution is 2.34. The molecule has 0 saturated carbocycles. The molecule has 3 rings (SSSR count). The fourth-order valence-corrected chi connectivity index (χ4v) is 3.37. The first kappa shape index (κ1) is 15.1. The number of nitrogens with one attached hydrogen (secondary N) is 1. The summed E-state index contributed by atoms with van der Waals surface area (Å²) in [6, 6.07) is 9.35. The summed E-state index contributed by atoms with van der Waals surface area (Å²) in [6.07, 6.45) is -4.35. The number of thiophene rings is 1. The van der Waals surface area contributed by atoms with E-state index in [0.717, 1.165) is 10.9 Å². The number of hydrogen-bond donors (Lipinski definition) is 1. The van der Waals surface area contributed by atoms with E-state index >= 15 is 0 Å². The molecule has 2 heterocycles. The van der Waals surface area contributed by atoms with Crippen LogP contribution in [0.4, 0.5) is 13.2 Å². The van der Waals surface area contributed by atoms with E-state index in [4.69, 9.17) is 0 Å². The average Bonchev–Trinajstić information content (AvgIpc) is 3.15. The maximum atomic E-state index is 12.9. The molecule has 2 aromatic heterocycles. The minimum Gasteiger partial charge on any atom is -0.257 e. The van der Waals surface area contributed by atoms with Crippen LogP contribution in [0.1, 0.15) is 11.1 Å². The third kappa shape index (κ3) is 3.33. The Kier molecular flexibility index (Phi) is 4.21. The lowest BCUT2D eigenvalue weighted by Gasteiger charge is -2.11. The smallest absolute Gasteiger partial charge is 0.257 e. The van der Waals surface area contributed by atoms with Gasteiger partial charge in [-0.3, -0.25) is 5.10 Å². The molecular weight excluding hydrogens is 331 g/mol. The summed E-state index contributed by atoms with van der Waals surface area (Å²) in [6.45, 7) is 0. The lowest BCUT2D eigenvalue weighted by molar-refractivity contribution is -0.138. The van der Waals surface area contributed by atoms with Crippen molar-refractivity contribution in [2.75, 3.05) is 0 Å². The van der Waals surface area contributed by atoms with Gasteiger partial charge in [-0.15, -0.1) is 16.4 Å². The Morgan fingerprint density at radius 3 is 2.68 bits per heavy atom. The van der Waals surface area contributed by atoms with Crippen molar-refractivity contribution in [3.05, 3.63) is 52.9 Å². The molecule has 3 aromatic rings. The molecule has 3 nitrogen and oxygen atoms in total. The highest BCUT2D eigenvalue weighted by atomic mass is 32.2. The maximum Gasteiger partial charge on any atom is 0.416 e. The van der Waals surface area contributed by atoms with E-state index in [1.807, 2.05) is 17.5 Å². The van der Waals surface area contributed by atoms with Gasteiger partial charge in [0.05, 0.1) is 10.4 Å². The summed E-state index contributed by atoms with van der Waals surface area (Å²) in [4.78, 5) is 5.22. The monoisotopic (exact) mass is 341 g/mol. The van der Waals surface area contributed by atoms with E-state index in [9.17, 15) is 13.2 Å². The van der Waals surface area contributed by atoms with Gasteiger partial charge in [-0.2, -0.15) is 13.2 Å². The van der Waals surface area contributed by atoms with Crippen molar-refractivity contribution in [3.63, 3.8) is 0 Å². The number of aromatic amines is 1. The van der Waals surface area contributed by atoms with Gasteiger partial charge in [-0.25, -0.2) is 4.98 Å². The van der Waals surface area contributed by atoms with Gasteiger partial charge in [0.2, 0.25) is 5.16 Å². The number of aromatic nitrogens is 3. The number of hydrogen-bond acceptors (Lipinski definition) is 4. The molecule has 0 bridgehead atoms. The standard InChI is InChI=1S/C14H10F3N3S2/c15-14(16,17)10-5-2-1-4-9(10)8-22-13-18-12(19-20-13)11-6-3-7-21-11/h1-7H,8H2,(H,18,19,20). The first-order chi connectivity index (χ1) is 10.5. The van der Waals surface area contributed by atoms with Crippen LogP contribution in [0.15, 0.2) is 46.9 Å². The minimum absolute atomic E-state index is 0.164. The number of nitrogens with zero attached hydrogens (tertiary/aromatic N) is 2. The van der Waals surface area contributed by atoms with Gasteiger partial charge < -0.3 is 0 Å². The Labute approximate surface area is 132 Å². The molecule has 8 heteroatoms. The minimum atomic E-state index is -4.35. The molecule has 0 fully saturated rings. The van der Waals surface area contributed by atoms with Crippen LogP contribution in [0, 0.1) is 0 Å². The fourth-order valence-electron chi connectivity index (χ4n) is 1.90. The van der Waals surface area contributed by atoms with E-state index in [1.54, 1.807) is 6.07 Å². The second-order valence-electron chi connectivity index (χ2n) is 4.39. The Morgan fingerprint density at radius 1 is 1.14 bits per heavy atom. The van der Waals surface area contributed by atoms with Crippen molar-refractivity contribution in [1.82, 2.24) is 15.2 Å². The van der Waals surface area contributed by atoms with Crippen LogP contribution in [-0.2, 0) is 11.9 Å². The zero-order chi connectivity index (χ0) is 15.6. The van der Waals surface area contributed by atoms with Gasteiger partial charge in [0.25, 0.3) is 0 Å². The quantitative estimate of drug-likeness (QED) is 0.690. The third-order valence-electron chi connectivity index (χ3n) is 2.90. The molecule has 0 unspecified atom stereocenters. The molecule has 114 valence electrons. The van der Waals surface area contributed by atoms with Crippen LogP contribution in [0.25, 0.3) is 10.7 Å². The Hall–Kier alpha value is -1.80. The molecule has 0 radical (unpaired) electrons. The van der Waals surface area contributed by atoms with Crippen LogP contribution in [0.3, 0.4) is 0 Å². The number of alkyl halides is 3. The van der Waals surface area contributed by atoms with Crippen LogP contribution < -0.4 is 0 Å². The lowest BCUT2D eigenvalue weighted by Crippen LogP contribution is -2.08. The summed E-state index contributed by atoms with van der Waals surface area (Å²) in [7, 11) is 0. The SMILES string of the molecule is FC(F)(F)c1ccccc1CSc1n[nH]c(-c2cccs2)n1. The van der Waals surface area contributed by atoms with Crippen LogP contribution >= 0.6 is 23.1 Å². The summed E-state index contributed by atoms with van der Waals surface area (Å²) in [5, 5.41) is 9.18. The van der Waals surface area contributed by atoms with E-state index in [0.29, 0.717) is 11.0 Å². The van der Waals surface area contributed by atoms with Crippen LogP contribution in [-0.4, -0.2) is 15.2 Å². The number of H-pyrrole nitrogens is 1. The van der Waals surface area contributed by atoms with Gasteiger partial charge in [-0.1, -0.05) is 36.0 Å².